The highest BCUT2D eigenvalue weighted by molar-refractivity contribution is 5.66. The van der Waals surface area contributed by atoms with Gasteiger partial charge in [0.25, 0.3) is 5.89 Å². The second-order valence-corrected chi connectivity index (χ2v) is 4.06. The maximum absolute atomic E-state index is 10.5. The minimum atomic E-state index is -0.193. The van der Waals surface area contributed by atoms with Crippen LogP contribution in [0.2, 0.25) is 0 Å². The van der Waals surface area contributed by atoms with Crippen LogP contribution < -0.4 is 5.32 Å². The molecule has 0 radical (unpaired) electrons. The fraction of sp³-hybridized carbons (Fsp3) is 0.214. The quantitative estimate of drug-likeness (QED) is 0.806. The largest absolute Gasteiger partial charge is 0.352 e. The average Bonchev–Trinajstić information content (AvgIpc) is 2.95. The minimum Gasteiger partial charge on any atom is -0.352 e. The third kappa shape index (κ3) is 2.88. The zero-order valence-corrected chi connectivity index (χ0v) is 10.7. The molecule has 0 fully saturated rings. The van der Waals surface area contributed by atoms with Gasteiger partial charge in [-0.15, -0.1) is 0 Å². The molecule has 1 aromatic carbocycles. The van der Waals surface area contributed by atoms with Gasteiger partial charge in [0.2, 0.25) is 12.2 Å². The van der Waals surface area contributed by atoms with Crippen molar-refractivity contribution in [1.82, 2.24) is 15.5 Å². The van der Waals surface area contributed by atoms with Gasteiger partial charge < -0.3 is 9.84 Å². The number of hydrogen-bond acceptors (Lipinski definition) is 4. The van der Waals surface area contributed by atoms with E-state index in [1.165, 1.54) is 0 Å². The summed E-state index contributed by atoms with van der Waals surface area (Å²) < 4.78 is 5.19. The first kappa shape index (κ1) is 13.0. The van der Waals surface area contributed by atoms with Crippen LogP contribution in [0.3, 0.4) is 0 Å². The fourth-order valence-corrected chi connectivity index (χ4v) is 1.75. The number of amides is 1. The molecule has 2 aromatic rings. The second-order valence-electron chi connectivity index (χ2n) is 4.06. The van der Waals surface area contributed by atoms with Crippen LogP contribution in [0.25, 0.3) is 17.0 Å². The number of aromatic nitrogens is 2. The van der Waals surface area contributed by atoms with Gasteiger partial charge in [-0.1, -0.05) is 49.0 Å². The summed E-state index contributed by atoms with van der Waals surface area (Å²) in [4.78, 5) is 14.8. The second kappa shape index (κ2) is 5.95. The SMILES string of the molecule is C=C(c1nc(-c2ccccc2)no1)C(CC)NC=O. The molecule has 0 spiro atoms. The Morgan fingerprint density at radius 1 is 1.47 bits per heavy atom. The van der Waals surface area contributed by atoms with Crippen LogP contribution in [0.1, 0.15) is 19.2 Å². The molecule has 0 bridgehead atoms. The molecule has 2 rings (SSSR count). The lowest BCUT2D eigenvalue weighted by Gasteiger charge is -2.13. The van der Waals surface area contributed by atoms with Gasteiger partial charge in [0, 0.05) is 11.1 Å². The lowest BCUT2D eigenvalue weighted by atomic mass is 10.1. The Morgan fingerprint density at radius 3 is 2.84 bits per heavy atom. The molecular weight excluding hydrogens is 242 g/mol. The summed E-state index contributed by atoms with van der Waals surface area (Å²) in [6.07, 6.45) is 1.36. The van der Waals surface area contributed by atoms with E-state index >= 15 is 0 Å². The zero-order chi connectivity index (χ0) is 13.7. The molecule has 0 saturated heterocycles. The van der Waals surface area contributed by atoms with Crippen molar-refractivity contribution in [2.75, 3.05) is 0 Å². The summed E-state index contributed by atoms with van der Waals surface area (Å²) in [5, 5.41) is 6.59. The maximum Gasteiger partial charge on any atom is 0.255 e. The van der Waals surface area contributed by atoms with Crippen molar-refractivity contribution >= 4 is 12.0 Å². The number of rotatable bonds is 6. The van der Waals surface area contributed by atoms with E-state index in [0.717, 1.165) is 5.56 Å². The van der Waals surface area contributed by atoms with E-state index in [-0.39, 0.29) is 6.04 Å². The third-order valence-corrected chi connectivity index (χ3v) is 2.83. The van der Waals surface area contributed by atoms with E-state index in [2.05, 4.69) is 22.0 Å². The number of nitrogens with one attached hydrogen (secondary N) is 1. The van der Waals surface area contributed by atoms with Crippen molar-refractivity contribution in [3.63, 3.8) is 0 Å². The van der Waals surface area contributed by atoms with Gasteiger partial charge >= 0.3 is 0 Å². The van der Waals surface area contributed by atoms with Crippen LogP contribution in [-0.4, -0.2) is 22.6 Å². The maximum atomic E-state index is 10.5. The molecule has 1 amide bonds. The van der Waals surface area contributed by atoms with Crippen LogP contribution in [0, 0.1) is 0 Å². The van der Waals surface area contributed by atoms with Crippen molar-refractivity contribution < 1.29 is 9.32 Å². The highest BCUT2D eigenvalue weighted by atomic mass is 16.5. The Bertz CT molecular complexity index is 563. The summed E-state index contributed by atoms with van der Waals surface area (Å²) in [5.41, 5.74) is 1.49. The molecule has 0 saturated carbocycles. The molecule has 1 heterocycles. The van der Waals surface area contributed by atoms with Gasteiger partial charge in [-0.25, -0.2) is 0 Å². The number of benzene rings is 1. The Morgan fingerprint density at radius 2 is 2.21 bits per heavy atom. The predicted molar refractivity (Wildman–Crippen MR) is 72.0 cm³/mol. The molecule has 5 heteroatoms. The van der Waals surface area contributed by atoms with Crippen molar-refractivity contribution in [1.29, 1.82) is 0 Å². The molecule has 98 valence electrons. The van der Waals surface area contributed by atoms with E-state index in [9.17, 15) is 4.79 Å². The van der Waals surface area contributed by atoms with Crippen LogP contribution in [0.5, 0.6) is 0 Å². The first-order valence-electron chi connectivity index (χ1n) is 6.04. The lowest BCUT2D eigenvalue weighted by Crippen LogP contribution is -2.27. The first-order chi connectivity index (χ1) is 9.26. The van der Waals surface area contributed by atoms with Crippen molar-refractivity contribution in [3.05, 3.63) is 42.8 Å². The number of carbonyl (C=O) groups is 1. The van der Waals surface area contributed by atoms with Gasteiger partial charge in [0.05, 0.1) is 6.04 Å². The van der Waals surface area contributed by atoms with Crippen LogP contribution >= 0.6 is 0 Å². The number of carbonyl (C=O) groups excluding carboxylic acids is 1. The predicted octanol–water partition coefficient (Wildman–Crippen LogP) is 2.27. The third-order valence-electron chi connectivity index (χ3n) is 2.83. The molecule has 0 aliphatic rings. The normalized spacial score (nSPS) is 11.8. The first-order valence-corrected chi connectivity index (χ1v) is 6.04. The lowest BCUT2D eigenvalue weighted by molar-refractivity contribution is -0.109. The Balaban J connectivity index is 2.21. The van der Waals surface area contributed by atoms with E-state index in [0.29, 0.717) is 30.1 Å². The topological polar surface area (TPSA) is 68.0 Å². The van der Waals surface area contributed by atoms with E-state index in [1.54, 1.807) is 0 Å². The van der Waals surface area contributed by atoms with Crippen molar-refractivity contribution in [3.8, 4) is 11.4 Å². The summed E-state index contributed by atoms with van der Waals surface area (Å²) in [6.45, 7) is 5.85. The Labute approximate surface area is 111 Å². The molecule has 1 atom stereocenters. The molecule has 19 heavy (non-hydrogen) atoms. The Kier molecular flexibility index (Phi) is 4.07. The molecule has 1 aromatic heterocycles. The molecule has 1 N–H and O–H groups in total. The minimum absolute atomic E-state index is 0.193. The van der Waals surface area contributed by atoms with Crippen LogP contribution in [0.15, 0.2) is 41.4 Å². The van der Waals surface area contributed by atoms with Crippen molar-refractivity contribution in [2.24, 2.45) is 0 Å². The fourth-order valence-electron chi connectivity index (χ4n) is 1.75. The van der Waals surface area contributed by atoms with E-state index in [4.69, 9.17) is 4.52 Å². The highest BCUT2D eigenvalue weighted by Crippen LogP contribution is 2.21. The average molecular weight is 257 g/mol. The summed E-state index contributed by atoms with van der Waals surface area (Å²) in [5.74, 6) is 0.859. The summed E-state index contributed by atoms with van der Waals surface area (Å²) in [6, 6.07) is 9.34. The van der Waals surface area contributed by atoms with Crippen LogP contribution in [0.4, 0.5) is 0 Å². The molecule has 0 aliphatic heterocycles. The van der Waals surface area contributed by atoms with Gasteiger partial charge in [-0.05, 0) is 6.42 Å². The smallest absolute Gasteiger partial charge is 0.255 e. The standard InChI is InChI=1S/C14H15N3O2/c1-3-12(15-9-18)10(2)14-16-13(17-19-14)11-7-5-4-6-8-11/h4-9,12H,2-3H2,1H3,(H,15,18). The van der Waals surface area contributed by atoms with Gasteiger partial charge in [0.1, 0.15) is 0 Å². The monoisotopic (exact) mass is 257 g/mol. The van der Waals surface area contributed by atoms with Crippen molar-refractivity contribution in [2.45, 2.75) is 19.4 Å². The van der Waals surface area contributed by atoms with Gasteiger partial charge in [-0.2, -0.15) is 4.98 Å². The Hall–Kier alpha value is -2.43. The molecule has 0 aliphatic carbocycles. The summed E-state index contributed by atoms with van der Waals surface area (Å²) in [7, 11) is 0. The zero-order valence-electron chi connectivity index (χ0n) is 10.7. The van der Waals surface area contributed by atoms with E-state index in [1.807, 2.05) is 37.3 Å². The van der Waals surface area contributed by atoms with Crippen LogP contribution in [-0.2, 0) is 4.79 Å². The number of hydrogen-bond donors (Lipinski definition) is 1. The van der Waals surface area contributed by atoms with Gasteiger partial charge in [-0.3, -0.25) is 4.79 Å². The molecule has 1 unspecified atom stereocenters. The number of nitrogens with zero attached hydrogens (tertiary/aromatic N) is 2. The summed E-state index contributed by atoms with van der Waals surface area (Å²) >= 11 is 0. The van der Waals surface area contributed by atoms with E-state index < -0.39 is 0 Å². The molecule has 5 nitrogen and oxygen atoms in total. The molecular formula is C14H15N3O2. The van der Waals surface area contributed by atoms with Gasteiger partial charge in [0.15, 0.2) is 0 Å². The highest BCUT2D eigenvalue weighted by Gasteiger charge is 2.17.